The second-order valence-electron chi connectivity index (χ2n) is 13.1. The van der Waals surface area contributed by atoms with E-state index < -0.39 is 0 Å². The summed E-state index contributed by atoms with van der Waals surface area (Å²) in [6.45, 7) is 0. The fraction of sp³-hybridized carbons (Fsp3) is 0.0444. The number of hydrogen-bond acceptors (Lipinski definition) is 1. The Bertz CT molecular complexity index is 2990. The van der Waals surface area contributed by atoms with Crippen molar-refractivity contribution < 1.29 is 0 Å². The summed E-state index contributed by atoms with van der Waals surface area (Å²) in [5, 5.41) is 7.52. The maximum Gasteiger partial charge on any atom is 0.0898 e. The molecule has 4 aromatic heterocycles. The van der Waals surface area contributed by atoms with Gasteiger partial charge in [-0.15, -0.1) is 0 Å². The largest absolute Gasteiger partial charge is 0.309 e. The third-order valence-electron chi connectivity index (χ3n) is 10.5. The smallest absolute Gasteiger partial charge is 0.0898 e. The topological polar surface area (TPSA) is 27.7 Å². The van der Waals surface area contributed by atoms with E-state index in [1.54, 1.807) is 0 Å². The van der Waals surface area contributed by atoms with Crippen LogP contribution in [0.15, 0.2) is 158 Å². The molecule has 6 aromatic carbocycles. The van der Waals surface area contributed by atoms with Crippen LogP contribution in [-0.2, 0) is 6.42 Å². The fourth-order valence-corrected chi connectivity index (χ4v) is 8.52. The maximum absolute atomic E-state index is 4.91. The highest BCUT2D eigenvalue weighted by atomic mass is 15.0. The highest BCUT2D eigenvalue weighted by Gasteiger charge is 2.24. The Kier molecular flexibility index (Phi) is 5.47. The van der Waals surface area contributed by atoms with E-state index in [1.807, 2.05) is 6.20 Å². The number of hydrogen-bond donors (Lipinski definition) is 0. The van der Waals surface area contributed by atoms with Gasteiger partial charge in [0.25, 0.3) is 0 Å². The van der Waals surface area contributed by atoms with Gasteiger partial charge in [-0.05, 0) is 79.1 Å². The van der Waals surface area contributed by atoms with Crippen LogP contribution in [0.25, 0.3) is 82.5 Å². The molecule has 230 valence electrons. The molecule has 0 spiro atoms. The molecular weight excluding hydrogens is 597 g/mol. The minimum atomic E-state index is 1.00. The summed E-state index contributed by atoms with van der Waals surface area (Å²) in [6.07, 6.45) is 6.32. The summed E-state index contributed by atoms with van der Waals surface area (Å²) in [5.74, 6) is 0. The van der Waals surface area contributed by atoms with Crippen molar-refractivity contribution in [2.24, 2.45) is 0 Å². The quantitative estimate of drug-likeness (QED) is 0.192. The molecule has 4 heterocycles. The summed E-state index contributed by atoms with van der Waals surface area (Å²) in [7, 11) is 0. The second kappa shape index (κ2) is 10.1. The molecule has 0 saturated heterocycles. The number of aromatic nitrogens is 4. The lowest BCUT2D eigenvalue weighted by Gasteiger charge is -2.19. The van der Waals surface area contributed by atoms with Crippen molar-refractivity contribution in [3.05, 3.63) is 169 Å². The van der Waals surface area contributed by atoms with Crippen LogP contribution in [0.3, 0.4) is 0 Å². The molecule has 4 heteroatoms. The second-order valence-corrected chi connectivity index (χ2v) is 13.1. The lowest BCUT2D eigenvalue weighted by Crippen LogP contribution is -2.08. The third kappa shape index (κ3) is 3.66. The van der Waals surface area contributed by atoms with Crippen molar-refractivity contribution in [1.82, 2.24) is 18.7 Å². The normalized spacial score (nSPS) is 13.3. The summed E-state index contributed by atoms with van der Waals surface area (Å²) in [6, 6.07) is 53.1. The first-order valence-corrected chi connectivity index (χ1v) is 17.0. The molecule has 0 aliphatic heterocycles. The van der Waals surface area contributed by atoms with Crippen LogP contribution >= 0.6 is 0 Å². The van der Waals surface area contributed by atoms with Crippen LogP contribution in [0.5, 0.6) is 0 Å². The molecule has 0 N–H and O–H groups in total. The molecule has 10 aromatic rings. The fourth-order valence-electron chi connectivity index (χ4n) is 8.52. The standard InChI is InChI=1S/C45H30N4/c1-2-14-30(15-3-1)47-37-19-7-5-17-33(37)36-28-31(23-25-40(36)47)48-38-20-8-4-16-32(38)34-24-26-41-43(45(34)48)35-18-6-9-21-39(35)49(41)42-22-10-12-29-13-11-27-46-44(29)42/h1-9,11,13-28H,10,12H2. The number of fused-ring (bicyclic) bond motifs is 11. The Morgan fingerprint density at radius 1 is 0.449 bits per heavy atom. The van der Waals surface area contributed by atoms with Crippen molar-refractivity contribution in [3.63, 3.8) is 0 Å². The van der Waals surface area contributed by atoms with E-state index in [9.17, 15) is 0 Å². The van der Waals surface area contributed by atoms with Crippen molar-refractivity contribution >= 4 is 71.1 Å². The highest BCUT2D eigenvalue weighted by molar-refractivity contribution is 6.26. The predicted molar refractivity (Wildman–Crippen MR) is 204 cm³/mol. The number of benzene rings is 6. The molecule has 0 fully saturated rings. The first kappa shape index (κ1) is 26.7. The molecule has 49 heavy (non-hydrogen) atoms. The maximum atomic E-state index is 4.91. The van der Waals surface area contributed by atoms with Gasteiger partial charge in [0.1, 0.15) is 0 Å². The predicted octanol–water partition coefficient (Wildman–Crippen LogP) is 11.2. The average molecular weight is 627 g/mol. The molecule has 1 aliphatic rings. The molecule has 0 bridgehead atoms. The number of rotatable bonds is 3. The van der Waals surface area contributed by atoms with Gasteiger partial charge < -0.3 is 13.7 Å². The zero-order valence-corrected chi connectivity index (χ0v) is 26.7. The number of pyridine rings is 1. The molecule has 4 nitrogen and oxygen atoms in total. The lowest BCUT2D eigenvalue weighted by atomic mass is 9.99. The Labute approximate surface area is 282 Å². The van der Waals surface area contributed by atoms with Gasteiger partial charge in [-0.1, -0.05) is 91.0 Å². The van der Waals surface area contributed by atoms with E-state index in [0.717, 1.165) is 24.2 Å². The number of allylic oxidation sites excluding steroid dienone is 1. The molecule has 0 saturated carbocycles. The third-order valence-corrected chi connectivity index (χ3v) is 10.5. The van der Waals surface area contributed by atoms with Crippen LogP contribution in [0, 0.1) is 0 Å². The highest BCUT2D eigenvalue weighted by Crippen LogP contribution is 2.44. The minimum Gasteiger partial charge on any atom is -0.309 e. The molecule has 0 atom stereocenters. The lowest BCUT2D eigenvalue weighted by molar-refractivity contribution is 0.932. The Morgan fingerprint density at radius 3 is 1.92 bits per heavy atom. The van der Waals surface area contributed by atoms with Crippen molar-refractivity contribution in [2.45, 2.75) is 12.8 Å². The summed E-state index contributed by atoms with van der Waals surface area (Å²) in [4.78, 5) is 4.91. The van der Waals surface area contributed by atoms with Crippen LogP contribution in [0.4, 0.5) is 0 Å². The number of nitrogens with zero attached hydrogens (tertiary/aromatic N) is 4. The van der Waals surface area contributed by atoms with E-state index in [0.29, 0.717) is 0 Å². The molecule has 1 aliphatic carbocycles. The van der Waals surface area contributed by atoms with Gasteiger partial charge in [-0.3, -0.25) is 4.98 Å². The molecule has 0 radical (unpaired) electrons. The van der Waals surface area contributed by atoms with Crippen LogP contribution < -0.4 is 0 Å². The summed E-state index contributed by atoms with van der Waals surface area (Å²) >= 11 is 0. The summed E-state index contributed by atoms with van der Waals surface area (Å²) in [5.41, 5.74) is 13.1. The van der Waals surface area contributed by atoms with E-state index in [2.05, 4.69) is 165 Å². The Balaban J connectivity index is 1.27. The van der Waals surface area contributed by atoms with Crippen LogP contribution in [-0.4, -0.2) is 18.7 Å². The first-order chi connectivity index (χ1) is 24.3. The molecule has 0 unspecified atom stereocenters. The van der Waals surface area contributed by atoms with Crippen LogP contribution in [0.1, 0.15) is 17.7 Å². The van der Waals surface area contributed by atoms with Gasteiger partial charge in [-0.25, -0.2) is 0 Å². The van der Waals surface area contributed by atoms with Gasteiger partial charge in [0.05, 0.1) is 44.5 Å². The number of aryl methyl sites for hydroxylation is 1. The zero-order chi connectivity index (χ0) is 32.1. The van der Waals surface area contributed by atoms with E-state index in [-0.39, 0.29) is 0 Å². The van der Waals surface area contributed by atoms with Crippen molar-refractivity contribution in [3.8, 4) is 11.4 Å². The first-order valence-electron chi connectivity index (χ1n) is 17.0. The zero-order valence-electron chi connectivity index (χ0n) is 26.7. The molecular formula is C45H30N4. The van der Waals surface area contributed by atoms with Gasteiger partial charge in [0.15, 0.2) is 0 Å². The monoisotopic (exact) mass is 626 g/mol. The Hall–Kier alpha value is -6.39. The van der Waals surface area contributed by atoms with Gasteiger partial charge >= 0.3 is 0 Å². The average Bonchev–Trinajstić information content (AvgIpc) is 3.80. The summed E-state index contributed by atoms with van der Waals surface area (Å²) < 4.78 is 7.34. The number of para-hydroxylation sites is 4. The van der Waals surface area contributed by atoms with Crippen molar-refractivity contribution in [1.29, 1.82) is 0 Å². The Morgan fingerprint density at radius 2 is 1.10 bits per heavy atom. The van der Waals surface area contributed by atoms with E-state index in [4.69, 9.17) is 4.98 Å². The van der Waals surface area contributed by atoms with Crippen LogP contribution in [0.2, 0.25) is 0 Å². The van der Waals surface area contributed by atoms with Gasteiger partial charge in [0, 0.05) is 49.9 Å². The SMILES string of the molecule is C1=C(n2c3ccccc3c3c2ccc2c4ccccc4n(-c4ccc5c(c4)c4ccccc4n5-c4ccccc4)c23)c2ncccc2CC1. The molecule has 11 rings (SSSR count). The van der Waals surface area contributed by atoms with Gasteiger partial charge in [0.2, 0.25) is 0 Å². The van der Waals surface area contributed by atoms with E-state index in [1.165, 1.54) is 82.4 Å². The minimum absolute atomic E-state index is 1.00. The van der Waals surface area contributed by atoms with Crippen molar-refractivity contribution in [2.75, 3.05) is 0 Å². The van der Waals surface area contributed by atoms with E-state index >= 15 is 0 Å². The van der Waals surface area contributed by atoms with Gasteiger partial charge in [-0.2, -0.15) is 0 Å². The molecule has 0 amide bonds.